The van der Waals surface area contributed by atoms with Crippen LogP contribution in [0.4, 0.5) is 4.79 Å². The molecule has 0 saturated heterocycles. The van der Waals surface area contributed by atoms with Gasteiger partial charge in [-0.15, -0.1) is 0 Å². The van der Waals surface area contributed by atoms with Crippen molar-refractivity contribution in [2.45, 2.75) is 19.4 Å². The molecule has 0 saturated carbocycles. The first-order valence-electron chi connectivity index (χ1n) is 4.94. The minimum atomic E-state index is -0.863. The van der Waals surface area contributed by atoms with Crippen molar-refractivity contribution >= 4 is 12.0 Å². The van der Waals surface area contributed by atoms with Crippen LogP contribution in [0.3, 0.4) is 0 Å². The van der Waals surface area contributed by atoms with Gasteiger partial charge in [-0.3, -0.25) is 4.79 Å². The zero-order valence-corrected chi connectivity index (χ0v) is 8.73. The minimum Gasteiger partial charge on any atom is -0.481 e. The number of nitrogens with one attached hydrogen (secondary N) is 2. The van der Waals surface area contributed by atoms with E-state index in [1.54, 1.807) is 12.1 Å². The highest BCUT2D eigenvalue weighted by atomic mass is 16.4. The monoisotopic (exact) mass is 226 g/mol. The molecule has 0 radical (unpaired) electrons. The minimum absolute atomic E-state index is 0.0540. The molecule has 16 heavy (non-hydrogen) atoms. The van der Waals surface area contributed by atoms with E-state index >= 15 is 0 Å². The summed E-state index contributed by atoms with van der Waals surface area (Å²) in [6.07, 6.45) is 2.00. The molecule has 0 bridgehead atoms. The van der Waals surface area contributed by atoms with Gasteiger partial charge in [0.2, 0.25) is 0 Å². The highest BCUT2D eigenvalue weighted by molar-refractivity contribution is 5.73. The van der Waals surface area contributed by atoms with E-state index in [0.29, 0.717) is 25.3 Å². The highest BCUT2D eigenvalue weighted by Crippen LogP contribution is 1.97. The van der Waals surface area contributed by atoms with Gasteiger partial charge in [0.25, 0.3) is 0 Å². The highest BCUT2D eigenvalue weighted by Gasteiger charge is 2.02. The van der Waals surface area contributed by atoms with Gasteiger partial charge in [0.1, 0.15) is 5.76 Å². The second kappa shape index (κ2) is 6.49. The summed E-state index contributed by atoms with van der Waals surface area (Å²) in [4.78, 5) is 21.4. The van der Waals surface area contributed by atoms with Gasteiger partial charge in [-0.25, -0.2) is 4.79 Å². The summed E-state index contributed by atoms with van der Waals surface area (Å²) in [5.41, 5.74) is 0. The average Bonchev–Trinajstić information content (AvgIpc) is 2.74. The van der Waals surface area contributed by atoms with Crippen molar-refractivity contribution in [3.63, 3.8) is 0 Å². The zero-order chi connectivity index (χ0) is 11.8. The number of urea groups is 1. The van der Waals surface area contributed by atoms with E-state index in [4.69, 9.17) is 9.52 Å². The summed E-state index contributed by atoms with van der Waals surface area (Å²) in [5, 5.41) is 13.5. The number of amides is 2. The number of rotatable bonds is 6. The Bertz CT molecular complexity index is 335. The molecule has 6 nitrogen and oxygen atoms in total. The molecule has 1 aromatic heterocycles. The summed E-state index contributed by atoms with van der Waals surface area (Å²) in [5.74, 6) is -0.196. The molecule has 88 valence electrons. The van der Waals surface area contributed by atoms with Crippen molar-refractivity contribution in [3.05, 3.63) is 24.2 Å². The smallest absolute Gasteiger partial charge is 0.315 e. The summed E-state index contributed by atoms with van der Waals surface area (Å²) in [7, 11) is 0. The number of carbonyl (C=O) groups is 2. The van der Waals surface area contributed by atoms with Crippen LogP contribution in [0.1, 0.15) is 18.6 Å². The normalized spacial score (nSPS) is 9.75. The fourth-order valence-electron chi connectivity index (χ4n) is 1.08. The van der Waals surface area contributed by atoms with Crippen LogP contribution in [-0.4, -0.2) is 23.7 Å². The number of hydrogen-bond acceptors (Lipinski definition) is 3. The third kappa shape index (κ3) is 5.04. The van der Waals surface area contributed by atoms with Crippen molar-refractivity contribution in [3.8, 4) is 0 Å². The van der Waals surface area contributed by atoms with Crippen LogP contribution in [0.25, 0.3) is 0 Å². The van der Waals surface area contributed by atoms with E-state index in [2.05, 4.69) is 10.6 Å². The maximum atomic E-state index is 11.2. The van der Waals surface area contributed by atoms with Gasteiger partial charge in [0.05, 0.1) is 12.8 Å². The fourth-order valence-corrected chi connectivity index (χ4v) is 1.08. The summed E-state index contributed by atoms with van der Waals surface area (Å²) < 4.78 is 5.02. The van der Waals surface area contributed by atoms with Crippen LogP contribution >= 0.6 is 0 Å². The number of furan rings is 1. The number of hydrogen-bond donors (Lipinski definition) is 3. The maximum Gasteiger partial charge on any atom is 0.315 e. The molecule has 1 aromatic rings. The van der Waals surface area contributed by atoms with Gasteiger partial charge >= 0.3 is 12.0 Å². The first kappa shape index (κ1) is 12.1. The van der Waals surface area contributed by atoms with Crippen molar-refractivity contribution in [1.82, 2.24) is 10.6 Å². The van der Waals surface area contributed by atoms with Gasteiger partial charge in [0, 0.05) is 13.0 Å². The van der Waals surface area contributed by atoms with E-state index in [1.165, 1.54) is 6.26 Å². The van der Waals surface area contributed by atoms with Crippen LogP contribution in [0.5, 0.6) is 0 Å². The van der Waals surface area contributed by atoms with E-state index in [0.717, 1.165) is 0 Å². The second-order valence-electron chi connectivity index (χ2n) is 3.19. The van der Waals surface area contributed by atoms with Crippen LogP contribution in [0.15, 0.2) is 22.8 Å². The van der Waals surface area contributed by atoms with E-state index in [9.17, 15) is 9.59 Å². The molecule has 0 aromatic carbocycles. The number of carbonyl (C=O) groups excluding carboxylic acids is 1. The van der Waals surface area contributed by atoms with Crippen LogP contribution in [0, 0.1) is 0 Å². The molecule has 1 rings (SSSR count). The molecule has 0 aliphatic rings. The lowest BCUT2D eigenvalue weighted by atomic mass is 10.3. The van der Waals surface area contributed by atoms with Gasteiger partial charge in [-0.05, 0) is 18.6 Å². The Balaban J connectivity index is 2.05. The predicted octanol–water partition coefficient (Wildman–Crippen LogP) is 0.944. The number of carboxylic acids is 1. The Labute approximate surface area is 92.6 Å². The quantitative estimate of drug-likeness (QED) is 0.629. The Morgan fingerprint density at radius 3 is 2.81 bits per heavy atom. The van der Waals surface area contributed by atoms with Crippen molar-refractivity contribution < 1.29 is 19.1 Å². The molecule has 0 atom stereocenters. The Hall–Kier alpha value is -1.98. The molecule has 0 aliphatic carbocycles. The van der Waals surface area contributed by atoms with Gasteiger partial charge in [-0.1, -0.05) is 0 Å². The van der Waals surface area contributed by atoms with Gasteiger partial charge in [-0.2, -0.15) is 0 Å². The van der Waals surface area contributed by atoms with Gasteiger partial charge in [0.15, 0.2) is 0 Å². The molecule has 2 amide bonds. The average molecular weight is 226 g/mol. The molecule has 0 spiro atoms. The second-order valence-corrected chi connectivity index (χ2v) is 3.19. The largest absolute Gasteiger partial charge is 0.481 e. The van der Waals surface area contributed by atoms with E-state index < -0.39 is 5.97 Å². The zero-order valence-electron chi connectivity index (χ0n) is 8.73. The van der Waals surface area contributed by atoms with E-state index in [-0.39, 0.29) is 12.5 Å². The lowest BCUT2D eigenvalue weighted by Gasteiger charge is -2.05. The number of aliphatic carboxylic acids is 1. The first-order chi connectivity index (χ1) is 7.68. The molecular formula is C10H14N2O4. The molecule has 0 fully saturated rings. The van der Waals surface area contributed by atoms with Crippen molar-refractivity contribution in [2.24, 2.45) is 0 Å². The molecule has 6 heteroatoms. The molecule has 0 aliphatic heterocycles. The van der Waals surface area contributed by atoms with Crippen LogP contribution < -0.4 is 10.6 Å². The summed E-state index contributed by atoms with van der Waals surface area (Å²) >= 11 is 0. The first-order valence-corrected chi connectivity index (χ1v) is 4.94. The topological polar surface area (TPSA) is 91.6 Å². The molecule has 0 unspecified atom stereocenters. The summed E-state index contributed by atoms with van der Waals surface area (Å²) in [6.45, 7) is 0.661. The Morgan fingerprint density at radius 2 is 2.19 bits per heavy atom. The Morgan fingerprint density at radius 1 is 1.38 bits per heavy atom. The SMILES string of the molecule is O=C(O)CCCNC(=O)NCc1ccco1. The van der Waals surface area contributed by atoms with Gasteiger partial charge < -0.3 is 20.2 Å². The number of carboxylic acid groups (broad SMARTS) is 1. The third-order valence-electron chi connectivity index (χ3n) is 1.86. The molecular weight excluding hydrogens is 212 g/mol. The standard InChI is InChI=1S/C10H14N2O4/c13-9(14)4-1-5-11-10(15)12-7-8-3-2-6-16-8/h2-3,6H,1,4-5,7H2,(H,13,14)(H2,11,12,15). The van der Waals surface area contributed by atoms with Crippen molar-refractivity contribution in [1.29, 1.82) is 0 Å². The molecule has 1 heterocycles. The molecule has 3 N–H and O–H groups in total. The van der Waals surface area contributed by atoms with Crippen LogP contribution in [0.2, 0.25) is 0 Å². The van der Waals surface area contributed by atoms with E-state index in [1.807, 2.05) is 0 Å². The third-order valence-corrected chi connectivity index (χ3v) is 1.86. The fraction of sp³-hybridized carbons (Fsp3) is 0.400. The Kier molecular flexibility index (Phi) is 4.91. The maximum absolute atomic E-state index is 11.2. The van der Waals surface area contributed by atoms with Crippen molar-refractivity contribution in [2.75, 3.05) is 6.54 Å². The lowest BCUT2D eigenvalue weighted by Crippen LogP contribution is -2.35. The lowest BCUT2D eigenvalue weighted by molar-refractivity contribution is -0.137. The van der Waals surface area contributed by atoms with Crippen LogP contribution in [-0.2, 0) is 11.3 Å². The predicted molar refractivity (Wildman–Crippen MR) is 55.8 cm³/mol. The summed E-state index contributed by atoms with van der Waals surface area (Å²) in [6, 6.07) is 3.16.